The Hall–Kier alpha value is -1.81. The Morgan fingerprint density at radius 1 is 1.29 bits per heavy atom. The summed E-state index contributed by atoms with van der Waals surface area (Å²) in [5, 5.41) is 8.59. The quantitative estimate of drug-likeness (QED) is 0.657. The predicted molar refractivity (Wildman–Crippen MR) is 55.0 cm³/mol. The Morgan fingerprint density at radius 3 is 2.86 bits per heavy atom. The molecule has 2 aromatic rings. The topological polar surface area (TPSA) is 68.9 Å². The van der Waals surface area contributed by atoms with Crippen LogP contribution in [0.15, 0.2) is 29.1 Å². The van der Waals surface area contributed by atoms with Gasteiger partial charge in [-0.2, -0.15) is 0 Å². The van der Waals surface area contributed by atoms with E-state index in [-0.39, 0.29) is 12.3 Å². The van der Waals surface area contributed by atoms with Crippen LogP contribution in [0, 0.1) is 0 Å². The van der Waals surface area contributed by atoms with Crippen LogP contribution in [0.3, 0.4) is 0 Å². The predicted octanol–water partition coefficient (Wildman–Crippen LogP) is 0.862. The molecule has 4 nitrogen and oxygen atoms in total. The standard InChI is InChI=1S/C10H10N2O2/c13-5-1-2-7-3-4-8-9(6-7)12-10(14)11-8/h1-4,6,13H,5H2,(H2,11,12,14). The zero-order valence-corrected chi connectivity index (χ0v) is 7.45. The van der Waals surface area contributed by atoms with Crippen molar-refractivity contribution in [1.29, 1.82) is 0 Å². The zero-order chi connectivity index (χ0) is 9.97. The van der Waals surface area contributed by atoms with Crippen LogP contribution in [-0.4, -0.2) is 21.7 Å². The van der Waals surface area contributed by atoms with Crippen LogP contribution >= 0.6 is 0 Å². The van der Waals surface area contributed by atoms with E-state index in [4.69, 9.17) is 5.11 Å². The molecule has 0 aliphatic heterocycles. The fourth-order valence-electron chi connectivity index (χ4n) is 1.34. The maximum Gasteiger partial charge on any atom is 0.323 e. The highest BCUT2D eigenvalue weighted by Crippen LogP contribution is 2.11. The molecule has 0 saturated heterocycles. The number of aliphatic hydroxyl groups is 1. The van der Waals surface area contributed by atoms with Crippen molar-refractivity contribution >= 4 is 17.1 Å². The molecule has 1 heterocycles. The Balaban J connectivity index is 2.50. The maximum atomic E-state index is 10.9. The van der Waals surface area contributed by atoms with Crippen LogP contribution in [0.1, 0.15) is 5.56 Å². The molecule has 0 fully saturated rings. The van der Waals surface area contributed by atoms with Gasteiger partial charge in [0.2, 0.25) is 0 Å². The van der Waals surface area contributed by atoms with Gasteiger partial charge in [-0.1, -0.05) is 18.2 Å². The average Bonchev–Trinajstić information content (AvgIpc) is 2.54. The molecule has 4 heteroatoms. The van der Waals surface area contributed by atoms with Gasteiger partial charge in [-0.15, -0.1) is 0 Å². The van der Waals surface area contributed by atoms with E-state index in [2.05, 4.69) is 9.97 Å². The van der Waals surface area contributed by atoms with E-state index in [1.54, 1.807) is 12.2 Å². The van der Waals surface area contributed by atoms with Gasteiger partial charge in [0.15, 0.2) is 0 Å². The molecule has 3 N–H and O–H groups in total. The van der Waals surface area contributed by atoms with Crippen molar-refractivity contribution in [1.82, 2.24) is 9.97 Å². The van der Waals surface area contributed by atoms with E-state index in [0.717, 1.165) is 16.6 Å². The van der Waals surface area contributed by atoms with Gasteiger partial charge >= 0.3 is 5.69 Å². The number of hydrogen-bond acceptors (Lipinski definition) is 2. The first kappa shape index (κ1) is 8.77. The molecule has 0 radical (unpaired) electrons. The zero-order valence-electron chi connectivity index (χ0n) is 7.45. The third kappa shape index (κ3) is 1.60. The SMILES string of the molecule is O=c1[nH]c2ccc(C=CCO)cc2[nH]1. The van der Waals surface area contributed by atoms with E-state index < -0.39 is 0 Å². The highest BCUT2D eigenvalue weighted by Gasteiger charge is 1.96. The maximum absolute atomic E-state index is 10.9. The van der Waals surface area contributed by atoms with Crippen molar-refractivity contribution in [2.45, 2.75) is 0 Å². The highest BCUT2D eigenvalue weighted by molar-refractivity contribution is 5.77. The minimum absolute atomic E-state index is 0.0156. The van der Waals surface area contributed by atoms with Gasteiger partial charge in [-0.25, -0.2) is 4.79 Å². The molecule has 0 aliphatic carbocycles. The lowest BCUT2D eigenvalue weighted by molar-refractivity contribution is 0.343. The molecule has 0 bridgehead atoms. The molecule has 72 valence electrons. The second kappa shape index (κ2) is 3.51. The van der Waals surface area contributed by atoms with Crippen LogP contribution < -0.4 is 5.69 Å². The summed E-state index contributed by atoms with van der Waals surface area (Å²) in [6.45, 7) is 0.0156. The fourth-order valence-corrected chi connectivity index (χ4v) is 1.34. The lowest BCUT2D eigenvalue weighted by atomic mass is 10.2. The second-order valence-electron chi connectivity index (χ2n) is 2.97. The number of aromatic nitrogens is 2. The van der Waals surface area contributed by atoms with Crippen molar-refractivity contribution in [3.05, 3.63) is 40.3 Å². The highest BCUT2D eigenvalue weighted by atomic mass is 16.2. The van der Waals surface area contributed by atoms with Gasteiger partial charge in [0, 0.05) is 0 Å². The third-order valence-electron chi connectivity index (χ3n) is 1.96. The average molecular weight is 190 g/mol. The molecule has 1 aromatic heterocycles. The Labute approximate surface area is 79.9 Å². The molecule has 0 spiro atoms. The van der Waals surface area contributed by atoms with Gasteiger partial charge < -0.3 is 15.1 Å². The number of fused-ring (bicyclic) bond motifs is 1. The molecule has 0 aliphatic rings. The van der Waals surface area contributed by atoms with E-state index in [9.17, 15) is 4.79 Å². The number of hydrogen-bond donors (Lipinski definition) is 3. The molecular formula is C10H10N2O2. The van der Waals surface area contributed by atoms with Crippen LogP contribution in [-0.2, 0) is 0 Å². The summed E-state index contributed by atoms with van der Waals surface area (Å²) in [4.78, 5) is 16.3. The van der Waals surface area contributed by atoms with Crippen molar-refractivity contribution in [2.24, 2.45) is 0 Å². The normalized spacial score (nSPS) is 11.5. The van der Waals surface area contributed by atoms with Crippen LogP contribution in [0.25, 0.3) is 17.1 Å². The first-order valence-electron chi connectivity index (χ1n) is 4.29. The minimum Gasteiger partial charge on any atom is -0.392 e. The monoisotopic (exact) mass is 190 g/mol. The molecule has 0 amide bonds. The van der Waals surface area contributed by atoms with Crippen LogP contribution in [0.4, 0.5) is 0 Å². The number of imidazole rings is 1. The number of H-pyrrole nitrogens is 2. The van der Waals surface area contributed by atoms with Crippen molar-refractivity contribution in [2.75, 3.05) is 6.61 Å². The fraction of sp³-hybridized carbons (Fsp3) is 0.100. The number of aromatic amines is 2. The van der Waals surface area contributed by atoms with Gasteiger partial charge in [0.25, 0.3) is 0 Å². The smallest absolute Gasteiger partial charge is 0.323 e. The molecule has 0 saturated carbocycles. The summed E-state index contributed by atoms with van der Waals surface area (Å²) >= 11 is 0. The lowest BCUT2D eigenvalue weighted by Crippen LogP contribution is -1.99. The summed E-state index contributed by atoms with van der Waals surface area (Å²) in [5.74, 6) is 0. The van der Waals surface area contributed by atoms with E-state index in [1.165, 1.54) is 0 Å². The number of aliphatic hydroxyl groups excluding tert-OH is 1. The number of benzene rings is 1. The number of nitrogens with one attached hydrogen (secondary N) is 2. The molecular weight excluding hydrogens is 180 g/mol. The van der Waals surface area contributed by atoms with E-state index in [0.29, 0.717) is 0 Å². The van der Waals surface area contributed by atoms with Gasteiger partial charge in [0.1, 0.15) is 0 Å². The summed E-state index contributed by atoms with van der Waals surface area (Å²) in [6.07, 6.45) is 3.44. The summed E-state index contributed by atoms with van der Waals surface area (Å²) in [7, 11) is 0. The summed E-state index contributed by atoms with van der Waals surface area (Å²) in [5.41, 5.74) is 2.30. The number of rotatable bonds is 2. The third-order valence-corrected chi connectivity index (χ3v) is 1.96. The van der Waals surface area contributed by atoms with Gasteiger partial charge in [-0.3, -0.25) is 0 Å². The van der Waals surface area contributed by atoms with Crippen LogP contribution in [0.5, 0.6) is 0 Å². The minimum atomic E-state index is -0.205. The van der Waals surface area contributed by atoms with E-state index >= 15 is 0 Å². The van der Waals surface area contributed by atoms with Crippen LogP contribution in [0.2, 0.25) is 0 Å². The first-order chi connectivity index (χ1) is 6.79. The van der Waals surface area contributed by atoms with Crippen molar-refractivity contribution in [3.63, 3.8) is 0 Å². The first-order valence-corrected chi connectivity index (χ1v) is 4.29. The largest absolute Gasteiger partial charge is 0.392 e. The summed E-state index contributed by atoms with van der Waals surface area (Å²) < 4.78 is 0. The molecule has 1 aromatic carbocycles. The Bertz CT molecular complexity index is 522. The Kier molecular flexibility index (Phi) is 2.20. The molecule has 0 unspecified atom stereocenters. The molecule has 14 heavy (non-hydrogen) atoms. The molecule has 0 atom stereocenters. The Morgan fingerprint density at radius 2 is 2.07 bits per heavy atom. The van der Waals surface area contributed by atoms with Crippen molar-refractivity contribution in [3.8, 4) is 0 Å². The van der Waals surface area contributed by atoms with Gasteiger partial charge in [-0.05, 0) is 17.7 Å². The van der Waals surface area contributed by atoms with Crippen molar-refractivity contribution < 1.29 is 5.11 Å². The second-order valence-corrected chi connectivity index (χ2v) is 2.97. The molecule has 2 rings (SSSR count). The van der Waals surface area contributed by atoms with E-state index in [1.807, 2.05) is 18.2 Å². The summed E-state index contributed by atoms with van der Waals surface area (Å²) in [6, 6.07) is 5.54. The van der Waals surface area contributed by atoms with Gasteiger partial charge in [0.05, 0.1) is 17.6 Å². The lowest BCUT2D eigenvalue weighted by Gasteiger charge is -1.92.